The van der Waals surface area contributed by atoms with Crippen molar-refractivity contribution in [1.82, 2.24) is 15.5 Å². The highest BCUT2D eigenvalue weighted by Crippen LogP contribution is 2.31. The second-order valence-electron chi connectivity index (χ2n) is 6.73. The highest BCUT2D eigenvalue weighted by atomic mass is 127. The van der Waals surface area contributed by atoms with Gasteiger partial charge in [-0.05, 0) is 52.6 Å². The van der Waals surface area contributed by atoms with Crippen molar-refractivity contribution < 1.29 is 9.47 Å². The molecule has 0 radical (unpaired) electrons. The van der Waals surface area contributed by atoms with Gasteiger partial charge in [0, 0.05) is 38.4 Å². The van der Waals surface area contributed by atoms with E-state index in [1.54, 1.807) is 7.11 Å². The lowest BCUT2D eigenvalue weighted by Crippen LogP contribution is -2.54. The fourth-order valence-corrected chi connectivity index (χ4v) is 3.59. The first-order chi connectivity index (χ1) is 11.2. The van der Waals surface area contributed by atoms with Crippen molar-refractivity contribution in [3.8, 4) is 0 Å². The maximum Gasteiger partial charge on any atom is 0.191 e. The van der Waals surface area contributed by atoms with E-state index in [4.69, 9.17) is 14.5 Å². The van der Waals surface area contributed by atoms with E-state index in [-0.39, 0.29) is 35.6 Å². The highest BCUT2D eigenvalue weighted by molar-refractivity contribution is 14.0. The number of ether oxygens (including phenoxy) is 2. The molecular weight excluding hydrogens is 419 g/mol. The molecule has 1 atom stereocenters. The first-order valence-corrected chi connectivity index (χ1v) is 9.07. The molecule has 142 valence electrons. The third-order valence-electron chi connectivity index (χ3n) is 4.88. The molecule has 1 unspecified atom stereocenters. The first-order valence-electron chi connectivity index (χ1n) is 9.07. The molecule has 0 saturated carbocycles. The Bertz CT molecular complexity index is 370. The molecule has 0 amide bonds. The van der Waals surface area contributed by atoms with Crippen LogP contribution in [0.15, 0.2) is 4.99 Å². The summed E-state index contributed by atoms with van der Waals surface area (Å²) in [6.07, 6.45) is 4.80. The summed E-state index contributed by atoms with van der Waals surface area (Å²) in [6, 6.07) is 0.246. The molecule has 0 aromatic rings. The van der Waals surface area contributed by atoms with Gasteiger partial charge in [0.2, 0.25) is 0 Å². The summed E-state index contributed by atoms with van der Waals surface area (Å²) in [5.74, 6) is 0.891. The largest absolute Gasteiger partial charge is 0.383 e. The zero-order chi connectivity index (χ0) is 16.5. The number of nitrogens with zero attached hydrogens (tertiary/aromatic N) is 2. The van der Waals surface area contributed by atoms with Gasteiger partial charge in [-0.15, -0.1) is 24.0 Å². The number of rotatable bonds is 7. The third-order valence-corrected chi connectivity index (χ3v) is 4.88. The third kappa shape index (κ3) is 6.31. The second-order valence-corrected chi connectivity index (χ2v) is 6.73. The van der Waals surface area contributed by atoms with Crippen LogP contribution in [0.4, 0.5) is 0 Å². The molecule has 2 heterocycles. The van der Waals surface area contributed by atoms with Crippen molar-refractivity contribution in [3.63, 3.8) is 0 Å². The van der Waals surface area contributed by atoms with Gasteiger partial charge >= 0.3 is 0 Å². The highest BCUT2D eigenvalue weighted by Gasteiger charge is 2.39. The summed E-state index contributed by atoms with van der Waals surface area (Å²) in [5.41, 5.74) is 0.182. The lowest BCUT2D eigenvalue weighted by atomic mass is 9.88. The number of hydrogen-bond acceptors (Lipinski definition) is 4. The molecule has 2 rings (SSSR count). The number of nitrogens with one attached hydrogen (secondary N) is 2. The van der Waals surface area contributed by atoms with Crippen LogP contribution in [0.5, 0.6) is 0 Å². The molecule has 6 nitrogen and oxygen atoms in total. The quantitative estimate of drug-likeness (QED) is 0.349. The number of guanidine groups is 1. The maximum absolute atomic E-state index is 5.61. The Kier molecular flexibility index (Phi) is 10.5. The number of halogens is 1. The fraction of sp³-hybridized carbons (Fsp3) is 0.941. The summed E-state index contributed by atoms with van der Waals surface area (Å²) in [5, 5.41) is 6.78. The Balaban J connectivity index is 0.00000288. The molecule has 2 saturated heterocycles. The standard InChI is InChI=1S/C17H34N4O2.HI/c1-4-18-16(20-15(2)13-22-3)19-14-17(7-11-23-12-8-17)21-9-5-6-10-21;/h15H,4-14H2,1-3H3,(H2,18,19,20);1H. The Labute approximate surface area is 164 Å². The Hall–Kier alpha value is -0.120. The average Bonchev–Trinajstić information content (AvgIpc) is 3.09. The molecule has 0 bridgehead atoms. The van der Waals surface area contributed by atoms with E-state index in [1.807, 2.05) is 0 Å². The van der Waals surface area contributed by atoms with Gasteiger partial charge in [0.25, 0.3) is 0 Å². The van der Waals surface area contributed by atoms with E-state index in [9.17, 15) is 0 Å². The molecule has 0 aliphatic carbocycles. The molecule has 2 aliphatic heterocycles. The monoisotopic (exact) mass is 454 g/mol. The van der Waals surface area contributed by atoms with Crippen LogP contribution in [0.2, 0.25) is 0 Å². The van der Waals surface area contributed by atoms with E-state index in [0.29, 0.717) is 6.61 Å². The van der Waals surface area contributed by atoms with E-state index in [2.05, 4.69) is 29.4 Å². The molecule has 0 aromatic heterocycles. The number of hydrogen-bond donors (Lipinski definition) is 2. The van der Waals surface area contributed by atoms with E-state index >= 15 is 0 Å². The van der Waals surface area contributed by atoms with Crippen LogP contribution >= 0.6 is 24.0 Å². The van der Waals surface area contributed by atoms with Crippen LogP contribution in [0.25, 0.3) is 0 Å². The van der Waals surface area contributed by atoms with Crippen LogP contribution in [-0.4, -0.2) is 75.5 Å². The minimum atomic E-state index is 0. The predicted octanol–water partition coefficient (Wildman–Crippen LogP) is 1.84. The van der Waals surface area contributed by atoms with Gasteiger partial charge in [0.05, 0.1) is 13.2 Å². The summed E-state index contributed by atoms with van der Waals surface area (Å²) >= 11 is 0. The number of aliphatic imine (C=N–C) groups is 1. The van der Waals surface area contributed by atoms with Gasteiger partial charge in [0.15, 0.2) is 5.96 Å². The normalized spacial score (nSPS) is 22.7. The van der Waals surface area contributed by atoms with Gasteiger partial charge in [-0.2, -0.15) is 0 Å². The van der Waals surface area contributed by atoms with E-state index in [0.717, 1.165) is 45.1 Å². The lowest BCUT2D eigenvalue weighted by Gasteiger charge is -2.43. The summed E-state index contributed by atoms with van der Waals surface area (Å²) in [7, 11) is 1.73. The zero-order valence-electron chi connectivity index (χ0n) is 15.5. The van der Waals surface area contributed by atoms with Gasteiger partial charge in [0.1, 0.15) is 0 Å². The second kappa shape index (κ2) is 11.5. The van der Waals surface area contributed by atoms with Crippen LogP contribution in [0.1, 0.15) is 39.5 Å². The molecule has 2 aliphatic rings. The van der Waals surface area contributed by atoms with Gasteiger partial charge < -0.3 is 20.1 Å². The van der Waals surface area contributed by atoms with Crippen LogP contribution in [-0.2, 0) is 9.47 Å². The van der Waals surface area contributed by atoms with Crippen molar-refractivity contribution in [2.45, 2.75) is 51.1 Å². The molecule has 2 fully saturated rings. The topological polar surface area (TPSA) is 58.1 Å². The molecule has 2 N–H and O–H groups in total. The van der Waals surface area contributed by atoms with Gasteiger partial charge in [-0.25, -0.2) is 0 Å². The Morgan fingerprint density at radius 3 is 2.54 bits per heavy atom. The minimum absolute atomic E-state index is 0. The summed E-state index contributed by atoms with van der Waals surface area (Å²) in [4.78, 5) is 7.57. The SMILES string of the molecule is CCNC(=NCC1(N2CCCC2)CCOCC1)NC(C)COC.I. The molecule has 0 spiro atoms. The van der Waals surface area contributed by atoms with Crippen molar-refractivity contribution in [3.05, 3.63) is 0 Å². The maximum atomic E-state index is 5.61. The predicted molar refractivity (Wildman–Crippen MR) is 109 cm³/mol. The minimum Gasteiger partial charge on any atom is -0.383 e. The lowest BCUT2D eigenvalue weighted by molar-refractivity contribution is -0.0139. The number of methoxy groups -OCH3 is 1. The van der Waals surface area contributed by atoms with Crippen molar-refractivity contribution in [1.29, 1.82) is 0 Å². The van der Waals surface area contributed by atoms with Crippen molar-refractivity contribution in [2.24, 2.45) is 4.99 Å². The summed E-state index contributed by atoms with van der Waals surface area (Å²) in [6.45, 7) is 10.7. The van der Waals surface area contributed by atoms with E-state index in [1.165, 1.54) is 25.9 Å². The smallest absolute Gasteiger partial charge is 0.191 e. The fourth-order valence-electron chi connectivity index (χ4n) is 3.59. The molecule has 7 heteroatoms. The summed E-state index contributed by atoms with van der Waals surface area (Å²) < 4.78 is 10.8. The van der Waals surface area contributed by atoms with Crippen molar-refractivity contribution in [2.75, 3.05) is 53.1 Å². The average molecular weight is 454 g/mol. The Morgan fingerprint density at radius 1 is 1.29 bits per heavy atom. The Morgan fingerprint density at radius 2 is 1.96 bits per heavy atom. The van der Waals surface area contributed by atoms with Crippen LogP contribution in [0, 0.1) is 0 Å². The first kappa shape index (κ1) is 21.9. The van der Waals surface area contributed by atoms with Gasteiger partial charge in [-0.3, -0.25) is 9.89 Å². The van der Waals surface area contributed by atoms with Crippen molar-refractivity contribution >= 4 is 29.9 Å². The zero-order valence-corrected chi connectivity index (χ0v) is 17.8. The van der Waals surface area contributed by atoms with Gasteiger partial charge in [-0.1, -0.05) is 0 Å². The van der Waals surface area contributed by atoms with E-state index < -0.39 is 0 Å². The molecule has 0 aromatic carbocycles. The molecular formula is C17H35IN4O2. The number of likely N-dealkylation sites (tertiary alicyclic amines) is 1. The van der Waals surface area contributed by atoms with Crippen LogP contribution in [0.3, 0.4) is 0 Å². The van der Waals surface area contributed by atoms with Crippen LogP contribution < -0.4 is 10.6 Å². The molecule has 24 heavy (non-hydrogen) atoms.